The number of hydrogen-bond acceptors (Lipinski definition) is 5. The topological polar surface area (TPSA) is 90.7 Å². The molecule has 0 bridgehead atoms. The first-order valence-corrected chi connectivity index (χ1v) is 7.41. The number of nitrogens with two attached hydrogens (primary N) is 1. The highest BCUT2D eigenvalue weighted by atomic mass is 32.2. The summed E-state index contributed by atoms with van der Waals surface area (Å²) in [6, 6.07) is 7.72. The normalized spacial score (nSPS) is 13.2. The first kappa shape index (κ1) is 13.5. The quantitative estimate of drug-likeness (QED) is 0.845. The second kappa shape index (κ2) is 4.81. The minimum Gasteiger partial charge on any atom is -0.454 e. The Morgan fingerprint density at radius 2 is 1.86 bits per heavy atom. The van der Waals surface area contributed by atoms with Gasteiger partial charge in [0.25, 0.3) is 10.0 Å². The van der Waals surface area contributed by atoms with Crippen LogP contribution < -0.4 is 19.9 Å². The van der Waals surface area contributed by atoms with Crippen LogP contribution >= 0.6 is 0 Å². The largest absolute Gasteiger partial charge is 0.454 e. The van der Waals surface area contributed by atoms with E-state index in [4.69, 9.17) is 15.2 Å². The van der Waals surface area contributed by atoms with Crippen molar-refractivity contribution >= 4 is 21.4 Å². The highest BCUT2D eigenvalue weighted by Gasteiger charge is 2.20. The minimum absolute atomic E-state index is 0.0937. The van der Waals surface area contributed by atoms with E-state index < -0.39 is 15.8 Å². The van der Waals surface area contributed by atoms with Crippen LogP contribution in [0.4, 0.5) is 15.8 Å². The molecule has 3 N–H and O–H groups in total. The Labute approximate surface area is 120 Å². The summed E-state index contributed by atoms with van der Waals surface area (Å²) in [6.07, 6.45) is 0. The maximum atomic E-state index is 13.0. The molecule has 0 fully saturated rings. The van der Waals surface area contributed by atoms with E-state index in [1.807, 2.05) is 0 Å². The monoisotopic (exact) mass is 310 g/mol. The van der Waals surface area contributed by atoms with E-state index in [1.165, 1.54) is 12.1 Å². The molecule has 1 heterocycles. The predicted molar refractivity (Wildman–Crippen MR) is 74.2 cm³/mol. The molecular weight excluding hydrogens is 299 g/mol. The van der Waals surface area contributed by atoms with Gasteiger partial charge in [0.15, 0.2) is 11.5 Å². The van der Waals surface area contributed by atoms with Crippen molar-refractivity contribution in [1.29, 1.82) is 0 Å². The van der Waals surface area contributed by atoms with Crippen LogP contribution in [0.1, 0.15) is 0 Å². The summed E-state index contributed by atoms with van der Waals surface area (Å²) in [5.41, 5.74) is 5.68. The van der Waals surface area contributed by atoms with Crippen LogP contribution in [0.2, 0.25) is 0 Å². The van der Waals surface area contributed by atoms with Crippen LogP contribution in [0.15, 0.2) is 41.3 Å². The number of hydrogen-bond donors (Lipinski definition) is 2. The summed E-state index contributed by atoms with van der Waals surface area (Å²) >= 11 is 0. The van der Waals surface area contributed by atoms with Gasteiger partial charge in [-0.2, -0.15) is 0 Å². The number of halogens is 1. The zero-order valence-corrected chi connectivity index (χ0v) is 11.5. The lowest BCUT2D eigenvalue weighted by Crippen LogP contribution is -2.14. The Kier molecular flexibility index (Phi) is 3.09. The highest BCUT2D eigenvalue weighted by Crippen LogP contribution is 2.35. The van der Waals surface area contributed by atoms with Crippen molar-refractivity contribution in [1.82, 2.24) is 0 Å². The van der Waals surface area contributed by atoms with Crippen molar-refractivity contribution in [2.24, 2.45) is 0 Å². The van der Waals surface area contributed by atoms with Gasteiger partial charge in [-0.25, -0.2) is 12.8 Å². The van der Waals surface area contributed by atoms with Gasteiger partial charge in [-0.3, -0.25) is 4.72 Å². The summed E-state index contributed by atoms with van der Waals surface area (Å²) in [5, 5.41) is 0. The third kappa shape index (κ3) is 2.57. The zero-order valence-electron chi connectivity index (χ0n) is 10.7. The maximum Gasteiger partial charge on any atom is 0.263 e. The lowest BCUT2D eigenvalue weighted by atomic mass is 10.3. The summed E-state index contributed by atoms with van der Waals surface area (Å²) in [5.74, 6) is 0.385. The first-order chi connectivity index (χ1) is 9.95. The molecule has 0 atom stereocenters. The molecule has 110 valence electrons. The average Bonchev–Trinajstić information content (AvgIpc) is 2.85. The van der Waals surface area contributed by atoms with E-state index in [9.17, 15) is 12.8 Å². The van der Waals surface area contributed by atoms with Gasteiger partial charge < -0.3 is 15.2 Å². The molecule has 8 heteroatoms. The molecule has 0 aromatic heterocycles. The van der Waals surface area contributed by atoms with Gasteiger partial charge >= 0.3 is 0 Å². The molecule has 0 spiro atoms. The Hall–Kier alpha value is -2.48. The lowest BCUT2D eigenvalue weighted by molar-refractivity contribution is 0.174. The Balaban J connectivity index is 1.92. The number of rotatable bonds is 3. The second-order valence-corrected chi connectivity index (χ2v) is 6.01. The SMILES string of the molecule is Nc1cc(F)ccc1S(=O)(=O)Nc1ccc2c(c1)OCO2. The third-order valence-electron chi connectivity index (χ3n) is 2.89. The molecule has 1 aliphatic heterocycles. The summed E-state index contributed by atoms with van der Waals surface area (Å²) < 4.78 is 50.1. The Bertz CT molecular complexity index is 808. The molecule has 2 aromatic rings. The molecule has 21 heavy (non-hydrogen) atoms. The van der Waals surface area contributed by atoms with Gasteiger partial charge in [0.1, 0.15) is 10.7 Å². The number of nitrogens with one attached hydrogen (secondary N) is 1. The van der Waals surface area contributed by atoms with Gasteiger partial charge in [-0.15, -0.1) is 0 Å². The molecule has 2 aromatic carbocycles. The van der Waals surface area contributed by atoms with Crippen molar-refractivity contribution in [2.75, 3.05) is 17.2 Å². The fraction of sp³-hybridized carbons (Fsp3) is 0.0769. The van der Waals surface area contributed by atoms with Gasteiger partial charge in [0.2, 0.25) is 6.79 Å². The van der Waals surface area contributed by atoms with E-state index in [0.29, 0.717) is 17.2 Å². The predicted octanol–water partition coefficient (Wildman–Crippen LogP) is 1.94. The fourth-order valence-corrected chi connectivity index (χ4v) is 3.10. The van der Waals surface area contributed by atoms with Gasteiger partial charge in [-0.05, 0) is 30.3 Å². The van der Waals surface area contributed by atoms with E-state index in [2.05, 4.69) is 4.72 Å². The molecule has 0 saturated carbocycles. The second-order valence-electron chi connectivity index (χ2n) is 4.36. The van der Waals surface area contributed by atoms with Crippen LogP contribution in [0.3, 0.4) is 0 Å². The molecule has 0 aliphatic carbocycles. The molecule has 0 radical (unpaired) electrons. The van der Waals surface area contributed by atoms with Crippen LogP contribution in [-0.4, -0.2) is 15.2 Å². The smallest absolute Gasteiger partial charge is 0.263 e. The number of sulfonamides is 1. The maximum absolute atomic E-state index is 13.0. The Morgan fingerprint density at radius 1 is 1.10 bits per heavy atom. The first-order valence-electron chi connectivity index (χ1n) is 5.93. The van der Waals surface area contributed by atoms with Crippen LogP contribution in [0.5, 0.6) is 11.5 Å². The molecule has 0 amide bonds. The van der Waals surface area contributed by atoms with Gasteiger partial charge in [0.05, 0.1) is 11.4 Å². The minimum atomic E-state index is -3.92. The number of anilines is 2. The number of ether oxygens (including phenoxy) is 2. The number of nitrogen functional groups attached to an aromatic ring is 1. The standard InChI is InChI=1S/C13H11FN2O4S/c14-8-1-4-13(10(15)5-8)21(17,18)16-9-2-3-11-12(6-9)20-7-19-11/h1-6,16H,7,15H2. The van der Waals surface area contributed by atoms with Crippen molar-refractivity contribution in [3.63, 3.8) is 0 Å². The highest BCUT2D eigenvalue weighted by molar-refractivity contribution is 7.92. The molecular formula is C13H11FN2O4S. The Morgan fingerprint density at radius 3 is 2.62 bits per heavy atom. The number of benzene rings is 2. The van der Waals surface area contributed by atoms with Crippen LogP contribution in [0, 0.1) is 5.82 Å². The van der Waals surface area contributed by atoms with Crippen molar-refractivity contribution in [3.05, 3.63) is 42.2 Å². The zero-order chi connectivity index (χ0) is 15.0. The van der Waals surface area contributed by atoms with E-state index in [0.717, 1.165) is 18.2 Å². The lowest BCUT2D eigenvalue weighted by Gasteiger charge is -2.10. The van der Waals surface area contributed by atoms with Crippen molar-refractivity contribution in [2.45, 2.75) is 4.90 Å². The van der Waals surface area contributed by atoms with Gasteiger partial charge in [0, 0.05) is 6.07 Å². The third-order valence-corrected chi connectivity index (χ3v) is 4.34. The molecule has 6 nitrogen and oxygen atoms in total. The molecule has 1 aliphatic rings. The average molecular weight is 310 g/mol. The van der Waals surface area contributed by atoms with Crippen molar-refractivity contribution in [3.8, 4) is 11.5 Å². The summed E-state index contributed by atoms with van der Waals surface area (Å²) in [6.45, 7) is 0.0937. The molecule has 3 rings (SSSR count). The molecule has 0 saturated heterocycles. The van der Waals surface area contributed by atoms with Crippen LogP contribution in [0.25, 0.3) is 0 Å². The van der Waals surface area contributed by atoms with Crippen molar-refractivity contribution < 1.29 is 22.3 Å². The van der Waals surface area contributed by atoms with Gasteiger partial charge in [-0.1, -0.05) is 0 Å². The van der Waals surface area contributed by atoms with E-state index in [-0.39, 0.29) is 17.4 Å². The fourth-order valence-electron chi connectivity index (χ4n) is 1.93. The summed E-state index contributed by atoms with van der Waals surface area (Å²) in [4.78, 5) is -0.193. The summed E-state index contributed by atoms with van der Waals surface area (Å²) in [7, 11) is -3.92. The van der Waals surface area contributed by atoms with E-state index in [1.54, 1.807) is 6.07 Å². The molecule has 0 unspecified atom stereocenters. The number of fused-ring (bicyclic) bond motifs is 1. The van der Waals surface area contributed by atoms with E-state index >= 15 is 0 Å². The van der Waals surface area contributed by atoms with Crippen LogP contribution in [-0.2, 0) is 10.0 Å².